The smallest absolute Gasteiger partial charge is 0.323 e. The van der Waals surface area contributed by atoms with Crippen LogP contribution in [0.25, 0.3) is 0 Å². The van der Waals surface area contributed by atoms with Crippen LogP contribution in [0.15, 0.2) is 24.3 Å². The van der Waals surface area contributed by atoms with Crippen molar-refractivity contribution in [2.45, 2.75) is 98.3 Å². The third-order valence-electron chi connectivity index (χ3n) is 6.47. The molecule has 3 nitrogen and oxygen atoms in total. The molecule has 0 fully saturated rings. The predicted octanol–water partition coefficient (Wildman–Crippen LogP) is 7.32. The molecule has 172 valence electrons. The van der Waals surface area contributed by atoms with Gasteiger partial charge in [-0.25, -0.2) is 0 Å². The molecule has 0 bridgehead atoms. The molecule has 3 rings (SSSR count). The van der Waals surface area contributed by atoms with Gasteiger partial charge in [-0.15, -0.1) is 0 Å². The maximum Gasteiger partial charge on any atom is 0.323 e. The molecule has 1 aliphatic rings. The third kappa shape index (κ3) is 4.53. The summed E-state index contributed by atoms with van der Waals surface area (Å²) < 4.78 is 5.90. The number of unbranched alkanes of at least 4 members (excludes halogenated alkanes) is 1. The van der Waals surface area contributed by atoms with E-state index in [0.29, 0.717) is 12.2 Å². The normalized spacial score (nSPS) is 16.2. The number of rotatable bonds is 5. The maximum absolute atomic E-state index is 13.2. The van der Waals surface area contributed by atoms with Crippen LogP contribution in [0.1, 0.15) is 117 Å². The lowest BCUT2D eigenvalue weighted by Crippen LogP contribution is -2.17. The Balaban J connectivity index is 2.17. The number of carbonyl (C=O) groups is 2. The van der Waals surface area contributed by atoms with E-state index in [0.717, 1.165) is 46.2 Å². The van der Waals surface area contributed by atoms with Crippen LogP contribution >= 0.6 is 0 Å². The summed E-state index contributed by atoms with van der Waals surface area (Å²) in [5.74, 6) is 0.192. The quantitative estimate of drug-likeness (QED) is 0.281. The summed E-state index contributed by atoms with van der Waals surface area (Å²) in [7, 11) is 0. The molecule has 1 heterocycles. The van der Waals surface area contributed by atoms with Crippen LogP contribution < -0.4 is 4.74 Å². The summed E-state index contributed by atoms with van der Waals surface area (Å²) in [5, 5.41) is 0. The van der Waals surface area contributed by atoms with Crippen LogP contribution in [0.4, 0.5) is 0 Å². The summed E-state index contributed by atoms with van der Waals surface area (Å²) in [6.07, 6.45) is 2.46. The predicted molar refractivity (Wildman–Crippen MR) is 131 cm³/mol. The minimum atomic E-state index is -0.467. The molecule has 0 aliphatic carbocycles. The Hall–Kier alpha value is -2.42. The van der Waals surface area contributed by atoms with Crippen LogP contribution in [-0.4, -0.2) is 11.8 Å². The van der Waals surface area contributed by atoms with E-state index >= 15 is 0 Å². The standard InChI is InChI=1S/C29H38O3/c1-10-11-12-23(30)24-17(2)13-19(14-18(24)3)25-21-15-20(28(4,5)6)16-22(29(7,8)9)26(21)32-27(25)31/h13-16,25H,10-12H2,1-9H3. The van der Waals surface area contributed by atoms with Gasteiger partial charge in [0, 0.05) is 23.1 Å². The van der Waals surface area contributed by atoms with Crippen molar-refractivity contribution in [1.82, 2.24) is 0 Å². The second-order valence-corrected chi connectivity index (χ2v) is 11.4. The third-order valence-corrected chi connectivity index (χ3v) is 6.47. The van der Waals surface area contributed by atoms with E-state index in [1.54, 1.807) is 0 Å². The number of aryl methyl sites for hydroxylation is 2. The number of ether oxygens (including phenoxy) is 1. The summed E-state index contributed by atoms with van der Waals surface area (Å²) in [4.78, 5) is 25.9. The fraction of sp³-hybridized carbons (Fsp3) is 0.517. The topological polar surface area (TPSA) is 43.4 Å². The Bertz CT molecular complexity index is 1040. The summed E-state index contributed by atoms with van der Waals surface area (Å²) in [6, 6.07) is 8.35. The van der Waals surface area contributed by atoms with Crippen LogP contribution in [0.3, 0.4) is 0 Å². The number of fused-ring (bicyclic) bond motifs is 1. The Morgan fingerprint density at radius 3 is 2.03 bits per heavy atom. The van der Waals surface area contributed by atoms with Gasteiger partial charge in [-0.2, -0.15) is 0 Å². The molecule has 3 heteroatoms. The molecule has 0 N–H and O–H groups in total. The number of carbonyl (C=O) groups excluding carboxylic acids is 2. The van der Waals surface area contributed by atoms with Crippen molar-refractivity contribution >= 4 is 11.8 Å². The minimum absolute atomic E-state index is 0.0490. The summed E-state index contributed by atoms with van der Waals surface area (Å²) >= 11 is 0. The highest BCUT2D eigenvalue weighted by Gasteiger charge is 2.40. The van der Waals surface area contributed by atoms with Gasteiger partial charge in [0.25, 0.3) is 0 Å². The van der Waals surface area contributed by atoms with E-state index in [-0.39, 0.29) is 22.6 Å². The molecule has 32 heavy (non-hydrogen) atoms. The second-order valence-electron chi connectivity index (χ2n) is 11.4. The molecule has 0 aromatic heterocycles. The molecule has 2 aromatic rings. The number of esters is 1. The summed E-state index contributed by atoms with van der Waals surface area (Å²) in [6.45, 7) is 19.1. The first-order chi connectivity index (χ1) is 14.8. The summed E-state index contributed by atoms with van der Waals surface area (Å²) in [5.41, 5.74) is 6.58. The van der Waals surface area contributed by atoms with E-state index in [1.165, 1.54) is 5.56 Å². The second kappa shape index (κ2) is 8.50. The van der Waals surface area contributed by atoms with E-state index in [2.05, 4.69) is 60.6 Å². The molecule has 1 atom stereocenters. The van der Waals surface area contributed by atoms with E-state index in [4.69, 9.17) is 4.74 Å². The number of ketones is 1. The molecule has 1 aliphatic heterocycles. The largest absolute Gasteiger partial charge is 0.425 e. The first kappa shape index (κ1) is 24.2. The number of hydrogen-bond donors (Lipinski definition) is 0. The molecular formula is C29H38O3. The zero-order valence-electron chi connectivity index (χ0n) is 21.2. The first-order valence-electron chi connectivity index (χ1n) is 11.8. The lowest BCUT2D eigenvalue weighted by molar-refractivity contribution is -0.133. The van der Waals surface area contributed by atoms with Gasteiger partial charge >= 0.3 is 5.97 Å². The lowest BCUT2D eigenvalue weighted by Gasteiger charge is -2.27. The fourth-order valence-electron chi connectivity index (χ4n) is 4.64. The van der Waals surface area contributed by atoms with Gasteiger partial charge < -0.3 is 4.74 Å². The van der Waals surface area contributed by atoms with Crippen molar-refractivity contribution in [1.29, 1.82) is 0 Å². The Morgan fingerprint density at radius 1 is 0.938 bits per heavy atom. The van der Waals surface area contributed by atoms with E-state index in [9.17, 15) is 9.59 Å². The van der Waals surface area contributed by atoms with Crippen molar-refractivity contribution < 1.29 is 14.3 Å². The number of Topliss-reactive ketones (excluding diaryl/α,β-unsaturated/α-hetero) is 1. The fourth-order valence-corrected chi connectivity index (χ4v) is 4.64. The average molecular weight is 435 g/mol. The monoisotopic (exact) mass is 434 g/mol. The molecule has 2 aromatic carbocycles. The van der Waals surface area contributed by atoms with Gasteiger partial charge in [-0.05, 0) is 53.4 Å². The molecular weight excluding hydrogens is 396 g/mol. The Morgan fingerprint density at radius 2 is 1.53 bits per heavy atom. The highest BCUT2D eigenvalue weighted by molar-refractivity contribution is 5.99. The maximum atomic E-state index is 13.2. The van der Waals surface area contributed by atoms with E-state index in [1.807, 2.05) is 26.0 Å². The molecule has 0 amide bonds. The lowest BCUT2D eigenvalue weighted by atomic mass is 9.77. The van der Waals surface area contributed by atoms with Gasteiger partial charge in [0.2, 0.25) is 0 Å². The Labute approximate surface area is 193 Å². The van der Waals surface area contributed by atoms with Crippen molar-refractivity contribution in [2.75, 3.05) is 0 Å². The number of hydrogen-bond acceptors (Lipinski definition) is 3. The van der Waals surface area contributed by atoms with Gasteiger partial charge in [0.05, 0.1) is 0 Å². The van der Waals surface area contributed by atoms with Crippen LogP contribution in [0, 0.1) is 13.8 Å². The van der Waals surface area contributed by atoms with E-state index < -0.39 is 5.92 Å². The van der Waals surface area contributed by atoms with Gasteiger partial charge in [-0.3, -0.25) is 9.59 Å². The van der Waals surface area contributed by atoms with Crippen LogP contribution in [-0.2, 0) is 15.6 Å². The van der Waals surface area contributed by atoms with Crippen molar-refractivity contribution in [3.63, 3.8) is 0 Å². The highest BCUT2D eigenvalue weighted by atomic mass is 16.5. The number of benzene rings is 2. The molecule has 1 unspecified atom stereocenters. The van der Waals surface area contributed by atoms with Crippen molar-refractivity contribution in [3.05, 3.63) is 63.2 Å². The molecule has 0 saturated heterocycles. The first-order valence-corrected chi connectivity index (χ1v) is 11.8. The van der Waals surface area contributed by atoms with Crippen LogP contribution in [0.2, 0.25) is 0 Å². The zero-order chi connectivity index (χ0) is 24.0. The van der Waals surface area contributed by atoms with Crippen LogP contribution in [0.5, 0.6) is 5.75 Å². The minimum Gasteiger partial charge on any atom is -0.425 e. The zero-order valence-corrected chi connectivity index (χ0v) is 21.2. The van der Waals surface area contributed by atoms with Gasteiger partial charge in [0.15, 0.2) is 5.78 Å². The molecule has 0 radical (unpaired) electrons. The van der Waals surface area contributed by atoms with Gasteiger partial charge in [0.1, 0.15) is 11.7 Å². The van der Waals surface area contributed by atoms with Crippen molar-refractivity contribution in [2.24, 2.45) is 0 Å². The molecule has 0 spiro atoms. The SMILES string of the molecule is CCCCC(=O)c1c(C)cc(C2C(=O)Oc3c2cc(C(C)(C)C)cc3C(C)(C)C)cc1C. The Kier molecular flexibility index (Phi) is 6.43. The average Bonchev–Trinajstić information content (AvgIpc) is 2.98. The van der Waals surface area contributed by atoms with Gasteiger partial charge in [-0.1, -0.05) is 79.2 Å². The molecule has 0 saturated carbocycles. The van der Waals surface area contributed by atoms with Crippen molar-refractivity contribution in [3.8, 4) is 5.75 Å². The highest BCUT2D eigenvalue weighted by Crippen LogP contribution is 2.47.